The Morgan fingerprint density at radius 2 is 2.06 bits per heavy atom. The second-order valence-corrected chi connectivity index (χ2v) is 5.25. The molecule has 5 heteroatoms. The zero-order valence-electron chi connectivity index (χ0n) is 9.49. The first-order valence-corrected chi connectivity index (χ1v) is 5.89. The number of halogens is 1. The molecule has 0 unspecified atom stereocenters. The Morgan fingerprint density at radius 3 is 2.44 bits per heavy atom. The summed E-state index contributed by atoms with van der Waals surface area (Å²) >= 11 is 3.11. The fraction of sp³-hybridized carbons (Fsp3) is 0.636. The van der Waals surface area contributed by atoms with Crippen molar-refractivity contribution in [1.82, 2.24) is 0 Å². The fourth-order valence-corrected chi connectivity index (χ4v) is 2.29. The van der Waals surface area contributed by atoms with E-state index in [-0.39, 0.29) is 11.3 Å². The van der Waals surface area contributed by atoms with E-state index in [1.165, 1.54) is 0 Å². The van der Waals surface area contributed by atoms with Crippen molar-refractivity contribution in [3.63, 3.8) is 0 Å². The summed E-state index contributed by atoms with van der Waals surface area (Å²) in [6.07, 6.45) is 1.64. The van der Waals surface area contributed by atoms with Gasteiger partial charge in [-0.1, -0.05) is 19.9 Å². The fourth-order valence-electron chi connectivity index (χ4n) is 1.89. The van der Waals surface area contributed by atoms with Crippen LogP contribution in [0.3, 0.4) is 0 Å². The summed E-state index contributed by atoms with van der Waals surface area (Å²) in [7, 11) is 0. The minimum absolute atomic E-state index is 0.121. The van der Waals surface area contributed by atoms with Gasteiger partial charge in [0.2, 0.25) is 0 Å². The van der Waals surface area contributed by atoms with Gasteiger partial charge in [0.15, 0.2) is 0 Å². The molecule has 1 fully saturated rings. The lowest BCUT2D eigenvalue weighted by molar-refractivity contribution is -0.140. The molecule has 0 amide bonds. The normalized spacial score (nSPS) is 27.4. The second-order valence-electron chi connectivity index (χ2n) is 4.40. The van der Waals surface area contributed by atoms with Crippen molar-refractivity contribution < 1.29 is 19.4 Å². The molecule has 16 heavy (non-hydrogen) atoms. The van der Waals surface area contributed by atoms with Gasteiger partial charge in [0.05, 0.1) is 17.0 Å². The van der Waals surface area contributed by atoms with E-state index >= 15 is 0 Å². The molecule has 90 valence electrons. The van der Waals surface area contributed by atoms with Crippen LogP contribution in [-0.2, 0) is 14.3 Å². The van der Waals surface area contributed by atoms with Crippen LogP contribution in [0.1, 0.15) is 20.8 Å². The van der Waals surface area contributed by atoms with E-state index in [9.17, 15) is 9.59 Å². The summed E-state index contributed by atoms with van der Waals surface area (Å²) in [6, 6.07) is 0. The van der Waals surface area contributed by atoms with Gasteiger partial charge >= 0.3 is 11.9 Å². The zero-order chi connectivity index (χ0) is 12.5. The zero-order valence-corrected chi connectivity index (χ0v) is 11.1. The molecule has 4 nitrogen and oxygen atoms in total. The lowest BCUT2D eigenvalue weighted by atomic mass is 10.1. The molecule has 1 N–H and O–H groups in total. The molecule has 0 saturated heterocycles. The smallest absolute Gasteiger partial charge is 0.344 e. The van der Waals surface area contributed by atoms with Crippen molar-refractivity contribution >= 4 is 27.9 Å². The predicted molar refractivity (Wildman–Crippen MR) is 62.0 cm³/mol. The maximum absolute atomic E-state index is 11.3. The highest BCUT2D eigenvalue weighted by molar-refractivity contribution is 9.12. The molecule has 0 aromatic rings. The Kier molecular flexibility index (Phi) is 3.78. The number of esters is 1. The first-order valence-electron chi connectivity index (χ1n) is 5.09. The molecule has 0 aromatic heterocycles. The van der Waals surface area contributed by atoms with Gasteiger partial charge in [-0.15, -0.1) is 0 Å². The van der Waals surface area contributed by atoms with E-state index in [0.717, 1.165) is 0 Å². The maximum atomic E-state index is 11.3. The predicted octanol–water partition coefficient (Wildman–Crippen LogP) is 2.19. The van der Waals surface area contributed by atoms with Gasteiger partial charge in [-0.25, -0.2) is 4.79 Å². The van der Waals surface area contributed by atoms with Crippen LogP contribution < -0.4 is 0 Å². The van der Waals surface area contributed by atoms with E-state index in [1.54, 1.807) is 13.0 Å². The Balaban J connectivity index is 2.72. The monoisotopic (exact) mass is 290 g/mol. The third kappa shape index (κ3) is 2.45. The molecule has 0 heterocycles. The molecule has 0 bridgehead atoms. The Bertz CT molecular complexity index is 346. The Labute approximate surface area is 103 Å². The summed E-state index contributed by atoms with van der Waals surface area (Å²) < 4.78 is 5.10. The topological polar surface area (TPSA) is 63.6 Å². The highest BCUT2D eigenvalue weighted by Crippen LogP contribution is 2.59. The largest absolute Gasteiger partial charge is 0.481 e. The van der Waals surface area contributed by atoms with Gasteiger partial charge in [0.25, 0.3) is 0 Å². The Hall–Kier alpha value is -0.840. The average molecular weight is 291 g/mol. The molecule has 0 spiro atoms. The van der Waals surface area contributed by atoms with E-state index < -0.39 is 17.9 Å². The van der Waals surface area contributed by atoms with Crippen LogP contribution in [0.25, 0.3) is 0 Å². The number of carbonyl (C=O) groups excluding carboxylic acids is 1. The quantitative estimate of drug-likeness (QED) is 0.637. The van der Waals surface area contributed by atoms with Crippen molar-refractivity contribution in [2.24, 2.45) is 17.3 Å². The molecule has 2 atom stereocenters. The van der Waals surface area contributed by atoms with Crippen LogP contribution in [0.5, 0.6) is 0 Å². The highest BCUT2D eigenvalue weighted by atomic mass is 79.9. The lowest BCUT2D eigenvalue weighted by Crippen LogP contribution is -2.04. The molecule has 1 aliphatic carbocycles. The summed E-state index contributed by atoms with van der Waals surface area (Å²) in [4.78, 5) is 22.2. The molecular formula is C11H15BrO4. The molecule has 0 radical (unpaired) electrons. The van der Waals surface area contributed by atoms with Crippen molar-refractivity contribution in [2.45, 2.75) is 20.8 Å². The van der Waals surface area contributed by atoms with Crippen molar-refractivity contribution in [3.8, 4) is 0 Å². The lowest BCUT2D eigenvalue weighted by Gasteiger charge is -2.00. The van der Waals surface area contributed by atoms with Crippen molar-refractivity contribution in [3.05, 3.63) is 10.6 Å². The maximum Gasteiger partial charge on any atom is 0.344 e. The van der Waals surface area contributed by atoms with E-state index in [4.69, 9.17) is 9.84 Å². The molecule has 1 aliphatic rings. The molecule has 1 rings (SSSR count). The van der Waals surface area contributed by atoms with Crippen molar-refractivity contribution in [2.75, 3.05) is 6.61 Å². The summed E-state index contributed by atoms with van der Waals surface area (Å²) in [5.74, 6) is -1.82. The number of rotatable bonds is 4. The van der Waals surface area contributed by atoms with Crippen LogP contribution in [-0.4, -0.2) is 23.7 Å². The first-order chi connectivity index (χ1) is 7.32. The number of aliphatic carboxylic acids is 1. The highest BCUT2D eigenvalue weighted by Gasteiger charge is 2.61. The second kappa shape index (κ2) is 4.57. The van der Waals surface area contributed by atoms with Crippen molar-refractivity contribution in [1.29, 1.82) is 0 Å². The molecule has 0 aliphatic heterocycles. The third-order valence-corrected chi connectivity index (χ3v) is 3.56. The van der Waals surface area contributed by atoms with Crippen LogP contribution >= 0.6 is 15.9 Å². The SMILES string of the molecule is CCOC(=O)/C(Br)=C\[C@@H]1[C@@H](C(=O)O)C1(C)C. The summed E-state index contributed by atoms with van der Waals surface area (Å²) in [5, 5.41) is 8.95. The van der Waals surface area contributed by atoms with Gasteiger partial charge < -0.3 is 9.84 Å². The Morgan fingerprint density at radius 1 is 1.50 bits per heavy atom. The van der Waals surface area contributed by atoms with Gasteiger partial charge in [-0.05, 0) is 34.2 Å². The van der Waals surface area contributed by atoms with Gasteiger partial charge in [-0.3, -0.25) is 4.79 Å². The van der Waals surface area contributed by atoms with Gasteiger partial charge in [0.1, 0.15) is 0 Å². The number of hydrogen-bond acceptors (Lipinski definition) is 3. The molecule has 1 saturated carbocycles. The summed E-state index contributed by atoms with van der Waals surface area (Å²) in [5.41, 5.74) is -0.294. The number of allylic oxidation sites excluding steroid dienone is 1. The minimum Gasteiger partial charge on any atom is -0.481 e. The standard InChI is InChI=1S/C11H15BrO4/c1-4-16-10(15)7(12)5-6-8(9(13)14)11(6,2)3/h5-6,8H,4H2,1-3H3,(H,13,14)/b7-5+/t6-,8+/m1/s1. The minimum atomic E-state index is -0.824. The van der Waals surface area contributed by atoms with Gasteiger partial charge in [0, 0.05) is 0 Å². The third-order valence-electron chi connectivity index (χ3n) is 2.97. The van der Waals surface area contributed by atoms with E-state index in [1.807, 2.05) is 13.8 Å². The van der Waals surface area contributed by atoms with Gasteiger partial charge in [-0.2, -0.15) is 0 Å². The van der Waals surface area contributed by atoms with Crippen LogP contribution in [0.4, 0.5) is 0 Å². The first kappa shape index (κ1) is 13.2. The number of ether oxygens (including phenoxy) is 1. The number of carboxylic acids is 1. The average Bonchev–Trinajstić information content (AvgIpc) is 2.68. The summed E-state index contributed by atoms with van der Waals surface area (Å²) in [6.45, 7) is 5.77. The van der Waals surface area contributed by atoms with E-state index in [2.05, 4.69) is 15.9 Å². The number of carboxylic acid groups (broad SMARTS) is 1. The van der Waals surface area contributed by atoms with Crippen LogP contribution in [0.15, 0.2) is 10.6 Å². The van der Waals surface area contributed by atoms with E-state index in [0.29, 0.717) is 11.1 Å². The number of carbonyl (C=O) groups is 2. The molecule has 0 aromatic carbocycles. The van der Waals surface area contributed by atoms with Crippen LogP contribution in [0, 0.1) is 17.3 Å². The molecular weight excluding hydrogens is 276 g/mol. The van der Waals surface area contributed by atoms with Crippen LogP contribution in [0.2, 0.25) is 0 Å². The number of hydrogen-bond donors (Lipinski definition) is 1.